The number of allylic oxidation sites excluding steroid dienone is 8. The van der Waals surface area contributed by atoms with Crippen LogP contribution in [0.1, 0.15) is 271 Å². The Labute approximate surface area is 384 Å². The maximum absolute atomic E-state index is 12.8. The molecule has 6 heteroatoms. The van der Waals surface area contributed by atoms with Crippen molar-refractivity contribution >= 4 is 17.9 Å². The molecule has 360 valence electrons. The highest BCUT2D eigenvalue weighted by atomic mass is 16.6. The lowest BCUT2D eigenvalue weighted by Gasteiger charge is -2.18. The maximum Gasteiger partial charge on any atom is 0.306 e. The van der Waals surface area contributed by atoms with E-state index in [1.165, 1.54) is 128 Å². The first-order chi connectivity index (χ1) is 30.5. The molecule has 0 bridgehead atoms. The summed E-state index contributed by atoms with van der Waals surface area (Å²) in [5.74, 6) is -0.900. The summed E-state index contributed by atoms with van der Waals surface area (Å²) >= 11 is 0. The fourth-order valence-corrected chi connectivity index (χ4v) is 7.48. The van der Waals surface area contributed by atoms with E-state index in [2.05, 4.69) is 69.4 Å². The highest BCUT2D eigenvalue weighted by molar-refractivity contribution is 5.71. The van der Waals surface area contributed by atoms with Crippen LogP contribution in [-0.2, 0) is 28.6 Å². The lowest BCUT2D eigenvalue weighted by Crippen LogP contribution is -2.30. The summed E-state index contributed by atoms with van der Waals surface area (Å²) in [5, 5.41) is 0. The third-order valence-electron chi connectivity index (χ3n) is 11.6. The Bertz CT molecular complexity index is 1090. The fraction of sp³-hybridized carbons (Fsp3) is 0.804. The van der Waals surface area contributed by atoms with Crippen molar-refractivity contribution in [2.45, 2.75) is 277 Å². The number of ether oxygens (including phenoxy) is 3. The minimum atomic E-state index is -0.783. The molecule has 0 aromatic rings. The van der Waals surface area contributed by atoms with Crippen LogP contribution in [0.25, 0.3) is 0 Å². The molecule has 0 aromatic carbocycles. The summed E-state index contributed by atoms with van der Waals surface area (Å²) in [5.41, 5.74) is 0. The molecule has 0 saturated heterocycles. The van der Waals surface area contributed by atoms with Gasteiger partial charge in [-0.05, 0) is 70.6 Å². The van der Waals surface area contributed by atoms with Crippen LogP contribution in [0.15, 0.2) is 48.6 Å². The van der Waals surface area contributed by atoms with Gasteiger partial charge in [0, 0.05) is 19.3 Å². The normalized spacial score (nSPS) is 12.4. The molecular formula is C56H100O6. The van der Waals surface area contributed by atoms with Gasteiger partial charge in [-0.25, -0.2) is 0 Å². The number of esters is 3. The zero-order chi connectivity index (χ0) is 45.1. The number of carbonyl (C=O) groups excluding carboxylic acids is 3. The number of carbonyl (C=O) groups is 3. The summed E-state index contributed by atoms with van der Waals surface area (Å²) in [6, 6.07) is 0. The third-order valence-corrected chi connectivity index (χ3v) is 11.6. The second-order valence-corrected chi connectivity index (χ2v) is 17.8. The molecular weight excluding hydrogens is 769 g/mol. The molecule has 0 N–H and O–H groups in total. The summed E-state index contributed by atoms with van der Waals surface area (Å²) in [4.78, 5) is 38.0. The highest BCUT2D eigenvalue weighted by Crippen LogP contribution is 2.15. The van der Waals surface area contributed by atoms with Crippen molar-refractivity contribution in [3.63, 3.8) is 0 Å². The van der Waals surface area contributed by atoms with Gasteiger partial charge in [0.25, 0.3) is 0 Å². The Morgan fingerprint density at radius 2 is 0.597 bits per heavy atom. The molecule has 0 amide bonds. The van der Waals surface area contributed by atoms with Crippen molar-refractivity contribution in [3.05, 3.63) is 48.6 Å². The molecule has 0 fully saturated rings. The lowest BCUT2D eigenvalue weighted by atomic mass is 10.0. The monoisotopic (exact) mass is 869 g/mol. The van der Waals surface area contributed by atoms with E-state index in [1.54, 1.807) is 0 Å². The molecule has 0 saturated carbocycles. The van der Waals surface area contributed by atoms with Gasteiger partial charge in [-0.2, -0.15) is 0 Å². The van der Waals surface area contributed by atoms with E-state index in [0.717, 1.165) is 103 Å². The Kier molecular flexibility index (Phi) is 48.8. The molecule has 0 rings (SSSR count). The van der Waals surface area contributed by atoms with Crippen molar-refractivity contribution < 1.29 is 28.6 Å². The number of unbranched alkanes of at least 4 members (excludes halogenated alkanes) is 29. The van der Waals surface area contributed by atoms with Crippen LogP contribution in [0.3, 0.4) is 0 Å². The second kappa shape index (κ2) is 51.0. The lowest BCUT2D eigenvalue weighted by molar-refractivity contribution is -0.167. The van der Waals surface area contributed by atoms with Gasteiger partial charge in [-0.1, -0.05) is 230 Å². The number of hydrogen-bond acceptors (Lipinski definition) is 6. The van der Waals surface area contributed by atoms with Crippen molar-refractivity contribution in [3.8, 4) is 0 Å². The van der Waals surface area contributed by atoms with Crippen LogP contribution in [0.2, 0.25) is 0 Å². The fourth-order valence-electron chi connectivity index (χ4n) is 7.48. The van der Waals surface area contributed by atoms with Crippen LogP contribution in [0.5, 0.6) is 0 Å². The van der Waals surface area contributed by atoms with E-state index in [1.807, 2.05) is 0 Å². The van der Waals surface area contributed by atoms with E-state index < -0.39 is 6.10 Å². The first-order valence-electron chi connectivity index (χ1n) is 26.6. The quantitative estimate of drug-likeness (QED) is 0.0262. The Morgan fingerprint density at radius 1 is 0.323 bits per heavy atom. The van der Waals surface area contributed by atoms with Gasteiger partial charge in [-0.15, -0.1) is 0 Å². The van der Waals surface area contributed by atoms with Crippen LogP contribution in [0.4, 0.5) is 0 Å². The Balaban J connectivity index is 4.39. The van der Waals surface area contributed by atoms with Crippen molar-refractivity contribution in [2.24, 2.45) is 0 Å². The predicted octanol–water partition coefficient (Wildman–Crippen LogP) is 17.5. The summed E-state index contributed by atoms with van der Waals surface area (Å²) in [7, 11) is 0. The molecule has 0 unspecified atom stereocenters. The van der Waals surface area contributed by atoms with Gasteiger partial charge in [0.2, 0.25) is 0 Å². The van der Waals surface area contributed by atoms with Gasteiger partial charge in [0.05, 0.1) is 0 Å². The van der Waals surface area contributed by atoms with Crippen molar-refractivity contribution in [1.82, 2.24) is 0 Å². The van der Waals surface area contributed by atoms with Gasteiger partial charge >= 0.3 is 17.9 Å². The Hall–Kier alpha value is -2.63. The average molecular weight is 869 g/mol. The molecule has 0 aliphatic heterocycles. The van der Waals surface area contributed by atoms with Crippen LogP contribution in [0, 0.1) is 0 Å². The second-order valence-electron chi connectivity index (χ2n) is 17.8. The van der Waals surface area contributed by atoms with Crippen LogP contribution < -0.4 is 0 Å². The Morgan fingerprint density at radius 3 is 0.935 bits per heavy atom. The molecule has 0 spiro atoms. The summed E-state index contributed by atoms with van der Waals surface area (Å²) in [6.45, 7) is 6.55. The molecule has 0 aliphatic rings. The zero-order valence-corrected chi connectivity index (χ0v) is 41.1. The highest BCUT2D eigenvalue weighted by Gasteiger charge is 2.19. The van der Waals surface area contributed by atoms with Gasteiger partial charge in [0.1, 0.15) is 13.2 Å². The first-order valence-corrected chi connectivity index (χ1v) is 26.6. The van der Waals surface area contributed by atoms with E-state index in [4.69, 9.17) is 14.2 Å². The smallest absolute Gasteiger partial charge is 0.306 e. The minimum Gasteiger partial charge on any atom is -0.462 e. The molecule has 0 heterocycles. The van der Waals surface area contributed by atoms with Crippen molar-refractivity contribution in [1.29, 1.82) is 0 Å². The number of hydrogen-bond donors (Lipinski definition) is 0. The summed E-state index contributed by atoms with van der Waals surface area (Å²) in [6.07, 6.45) is 60.9. The standard InChI is InChI=1S/C56H100O6/c1-4-7-10-13-16-19-22-25-28-29-32-34-37-40-43-46-49-55(58)61-52-53(62-56(59)50-47-44-41-38-35-31-27-24-21-18-15-12-9-6-3)51-60-54(57)48-45-42-39-36-33-30-26-23-20-17-14-11-8-5-2/h14-15,17-18,23-24,26-27,53H,4-13,16,19-22,25,28-52H2,1-3H3/b17-14+,18-15+,26-23+,27-24+/t53-/m1/s1. The van der Waals surface area contributed by atoms with E-state index in [-0.39, 0.29) is 31.1 Å². The average Bonchev–Trinajstić information content (AvgIpc) is 3.27. The predicted molar refractivity (Wildman–Crippen MR) is 265 cm³/mol. The largest absolute Gasteiger partial charge is 0.462 e. The molecule has 0 radical (unpaired) electrons. The van der Waals surface area contributed by atoms with E-state index >= 15 is 0 Å². The zero-order valence-electron chi connectivity index (χ0n) is 41.1. The molecule has 1 atom stereocenters. The minimum absolute atomic E-state index is 0.0810. The van der Waals surface area contributed by atoms with Crippen molar-refractivity contribution in [2.75, 3.05) is 13.2 Å². The van der Waals surface area contributed by atoms with E-state index in [0.29, 0.717) is 19.3 Å². The molecule has 0 aliphatic carbocycles. The van der Waals surface area contributed by atoms with E-state index in [9.17, 15) is 14.4 Å². The van der Waals surface area contributed by atoms with Crippen LogP contribution >= 0.6 is 0 Å². The molecule has 62 heavy (non-hydrogen) atoms. The number of rotatable bonds is 48. The first kappa shape index (κ1) is 59.4. The maximum atomic E-state index is 12.8. The molecule has 0 aromatic heterocycles. The SMILES string of the molecule is CCCC/C=C/C/C=C/CCCCCCCC(=O)OC[C@H](COC(=O)CCCCCCCCCCCCCCCCCC)OC(=O)CCCCCCC/C=C/C/C=C/CCCC. The molecule has 6 nitrogen and oxygen atoms in total. The van der Waals surface area contributed by atoms with Gasteiger partial charge in [-0.3, -0.25) is 14.4 Å². The van der Waals surface area contributed by atoms with Gasteiger partial charge < -0.3 is 14.2 Å². The summed E-state index contributed by atoms with van der Waals surface area (Å²) < 4.78 is 16.8. The van der Waals surface area contributed by atoms with Crippen LogP contribution in [-0.4, -0.2) is 37.2 Å². The topological polar surface area (TPSA) is 78.9 Å². The van der Waals surface area contributed by atoms with Gasteiger partial charge in [0.15, 0.2) is 6.10 Å². The third kappa shape index (κ3) is 48.4.